The molecule has 0 rings (SSSR count). The molecule has 4 nitrogen and oxygen atoms in total. The molecule has 0 aromatic carbocycles. The van der Waals surface area contributed by atoms with Gasteiger partial charge in [0.25, 0.3) is 0 Å². The molecule has 0 saturated carbocycles. The van der Waals surface area contributed by atoms with Crippen LogP contribution in [0.25, 0.3) is 0 Å². The predicted octanol–water partition coefficient (Wildman–Crippen LogP) is 4.25. The summed E-state index contributed by atoms with van der Waals surface area (Å²) in [6.45, 7) is 10.3. The molecule has 4 unspecified atom stereocenters. The Bertz CT molecular complexity index is 393. The number of carbonyl (C=O) groups excluding carboxylic acids is 1. The molecule has 0 aliphatic rings. The van der Waals surface area contributed by atoms with Gasteiger partial charge in [-0.15, -0.1) is 0 Å². The third-order valence-corrected chi connectivity index (χ3v) is 7.16. The summed E-state index contributed by atoms with van der Waals surface area (Å²) < 4.78 is 48.7. The van der Waals surface area contributed by atoms with Crippen LogP contribution in [0.4, 0.5) is 13.2 Å². The molecule has 0 saturated heterocycles. The summed E-state index contributed by atoms with van der Waals surface area (Å²) in [5, 5.41) is 2.86. The number of hydrogen-bond acceptors (Lipinski definition) is 3. The number of rotatable bonds is 10. The zero-order valence-electron chi connectivity index (χ0n) is 15.8. The molecule has 0 aliphatic carbocycles. The SMILES string of the molecule is CO[Si](C)(CC(C)CCC(C)C(=O)NC(C)C)OC(C)C(F)(F)F. The quantitative estimate of drug-likeness (QED) is 0.584. The van der Waals surface area contributed by atoms with Crippen molar-refractivity contribution in [3.05, 3.63) is 0 Å². The number of hydrogen-bond donors (Lipinski definition) is 1. The zero-order valence-corrected chi connectivity index (χ0v) is 16.8. The third kappa shape index (κ3) is 9.03. The van der Waals surface area contributed by atoms with E-state index in [0.717, 1.165) is 13.3 Å². The van der Waals surface area contributed by atoms with Crippen molar-refractivity contribution in [2.75, 3.05) is 7.11 Å². The van der Waals surface area contributed by atoms with E-state index in [4.69, 9.17) is 8.85 Å². The Morgan fingerprint density at radius 3 is 2.08 bits per heavy atom. The van der Waals surface area contributed by atoms with Crippen LogP contribution >= 0.6 is 0 Å². The zero-order chi connectivity index (χ0) is 19.1. The lowest BCUT2D eigenvalue weighted by atomic mass is 9.98. The van der Waals surface area contributed by atoms with E-state index in [1.54, 1.807) is 6.55 Å². The number of halogens is 3. The maximum absolute atomic E-state index is 12.7. The highest BCUT2D eigenvalue weighted by atomic mass is 28.4. The number of alkyl halides is 3. The van der Waals surface area contributed by atoms with Crippen LogP contribution < -0.4 is 5.32 Å². The van der Waals surface area contributed by atoms with Crippen LogP contribution in [0.15, 0.2) is 0 Å². The van der Waals surface area contributed by atoms with Crippen LogP contribution in [0.3, 0.4) is 0 Å². The number of carbonyl (C=O) groups is 1. The summed E-state index contributed by atoms with van der Waals surface area (Å²) in [6.07, 6.45) is -4.80. The largest absolute Gasteiger partial charge is 0.413 e. The van der Waals surface area contributed by atoms with E-state index in [-0.39, 0.29) is 23.8 Å². The van der Waals surface area contributed by atoms with Crippen LogP contribution in [0.1, 0.15) is 47.5 Å². The highest BCUT2D eigenvalue weighted by Crippen LogP contribution is 2.30. The molecule has 0 aliphatic heterocycles. The Morgan fingerprint density at radius 2 is 1.67 bits per heavy atom. The smallest absolute Gasteiger partial charge is 0.398 e. The molecule has 0 aromatic rings. The summed E-state index contributed by atoms with van der Waals surface area (Å²) in [5.74, 6) is 0.00239. The molecule has 1 N–H and O–H groups in total. The van der Waals surface area contributed by atoms with Crippen molar-refractivity contribution in [3.63, 3.8) is 0 Å². The Kier molecular flexibility index (Phi) is 9.52. The molecule has 0 spiro atoms. The van der Waals surface area contributed by atoms with E-state index < -0.39 is 20.8 Å². The molecule has 144 valence electrons. The van der Waals surface area contributed by atoms with Gasteiger partial charge in [0, 0.05) is 19.1 Å². The Balaban J connectivity index is 4.50. The third-order valence-electron chi connectivity index (χ3n) is 4.01. The topological polar surface area (TPSA) is 47.6 Å². The van der Waals surface area contributed by atoms with Gasteiger partial charge in [-0.25, -0.2) is 0 Å². The van der Waals surface area contributed by atoms with E-state index in [1.807, 2.05) is 27.7 Å². The van der Waals surface area contributed by atoms with Crippen molar-refractivity contribution >= 4 is 14.5 Å². The first-order valence-corrected chi connectivity index (χ1v) is 10.9. The van der Waals surface area contributed by atoms with E-state index in [2.05, 4.69) is 5.32 Å². The van der Waals surface area contributed by atoms with Crippen molar-refractivity contribution in [2.45, 2.75) is 78.4 Å². The van der Waals surface area contributed by atoms with E-state index in [1.165, 1.54) is 7.11 Å². The van der Waals surface area contributed by atoms with Gasteiger partial charge < -0.3 is 14.2 Å². The fourth-order valence-electron chi connectivity index (χ4n) is 2.45. The maximum atomic E-state index is 12.7. The lowest BCUT2D eigenvalue weighted by Gasteiger charge is -2.32. The van der Waals surface area contributed by atoms with Gasteiger partial charge in [0.2, 0.25) is 5.91 Å². The van der Waals surface area contributed by atoms with Gasteiger partial charge in [-0.05, 0) is 45.7 Å². The van der Waals surface area contributed by atoms with Crippen LogP contribution in [0.2, 0.25) is 12.6 Å². The highest BCUT2D eigenvalue weighted by molar-refractivity contribution is 6.66. The normalized spacial score (nSPS) is 18.8. The van der Waals surface area contributed by atoms with Crippen LogP contribution in [-0.2, 0) is 13.6 Å². The van der Waals surface area contributed by atoms with Gasteiger partial charge in [-0.1, -0.05) is 20.3 Å². The molecule has 1 amide bonds. The molecule has 0 aromatic heterocycles. The molecule has 4 atom stereocenters. The summed E-state index contributed by atoms with van der Waals surface area (Å²) in [4.78, 5) is 11.9. The van der Waals surface area contributed by atoms with Gasteiger partial charge in [0.05, 0.1) is 0 Å². The molecule has 0 bridgehead atoms. The molecule has 8 heteroatoms. The van der Waals surface area contributed by atoms with Gasteiger partial charge in [-0.2, -0.15) is 13.2 Å². The van der Waals surface area contributed by atoms with Crippen LogP contribution in [-0.4, -0.2) is 39.9 Å². The van der Waals surface area contributed by atoms with Crippen molar-refractivity contribution in [1.29, 1.82) is 0 Å². The average Bonchev–Trinajstić information content (AvgIpc) is 2.42. The predicted molar refractivity (Wildman–Crippen MR) is 90.9 cm³/mol. The van der Waals surface area contributed by atoms with Crippen LogP contribution in [0.5, 0.6) is 0 Å². The standard InChI is InChI=1S/C16H32F3NO3Si/c1-11(2)20-15(21)13(4)9-8-12(3)10-24(7,22-6)23-14(5)16(17,18)19/h11-14H,8-10H2,1-7H3,(H,20,21). The first-order valence-electron chi connectivity index (χ1n) is 8.40. The fourth-order valence-corrected chi connectivity index (χ4v) is 5.16. The van der Waals surface area contributed by atoms with Crippen molar-refractivity contribution < 1.29 is 26.8 Å². The molecule has 0 radical (unpaired) electrons. The second-order valence-corrected chi connectivity index (χ2v) is 10.4. The lowest BCUT2D eigenvalue weighted by Crippen LogP contribution is -2.46. The average molecular weight is 372 g/mol. The van der Waals surface area contributed by atoms with Crippen molar-refractivity contribution in [1.82, 2.24) is 5.32 Å². The molecule has 0 heterocycles. The van der Waals surface area contributed by atoms with Gasteiger partial charge in [0.15, 0.2) is 0 Å². The van der Waals surface area contributed by atoms with Crippen LogP contribution in [0, 0.1) is 11.8 Å². The first kappa shape index (κ1) is 23.4. The highest BCUT2D eigenvalue weighted by Gasteiger charge is 2.44. The monoisotopic (exact) mass is 371 g/mol. The van der Waals surface area contributed by atoms with E-state index >= 15 is 0 Å². The number of amides is 1. The second kappa shape index (κ2) is 9.77. The fraction of sp³-hybridized carbons (Fsp3) is 0.938. The Hall–Kier alpha value is -0.603. The Morgan fingerprint density at radius 1 is 1.12 bits per heavy atom. The lowest BCUT2D eigenvalue weighted by molar-refractivity contribution is -0.195. The van der Waals surface area contributed by atoms with Gasteiger partial charge in [0.1, 0.15) is 6.10 Å². The Labute approximate surface area is 144 Å². The molecule has 0 fully saturated rings. The summed E-state index contributed by atoms with van der Waals surface area (Å²) in [5.41, 5.74) is 0. The second-order valence-electron chi connectivity index (χ2n) is 7.09. The van der Waals surface area contributed by atoms with Gasteiger partial charge in [-0.3, -0.25) is 4.79 Å². The minimum Gasteiger partial charge on any atom is -0.398 e. The van der Waals surface area contributed by atoms with Crippen molar-refractivity contribution in [3.8, 4) is 0 Å². The molecular weight excluding hydrogens is 339 g/mol. The molecule has 24 heavy (non-hydrogen) atoms. The van der Waals surface area contributed by atoms with Crippen molar-refractivity contribution in [2.24, 2.45) is 11.8 Å². The van der Waals surface area contributed by atoms with E-state index in [0.29, 0.717) is 12.5 Å². The summed E-state index contributed by atoms with van der Waals surface area (Å²) >= 11 is 0. The maximum Gasteiger partial charge on any atom is 0.413 e. The van der Waals surface area contributed by atoms with Gasteiger partial charge >= 0.3 is 14.7 Å². The minimum absolute atomic E-state index is 0.00546. The van der Waals surface area contributed by atoms with E-state index in [9.17, 15) is 18.0 Å². The first-order chi connectivity index (χ1) is 10.8. The summed E-state index contributed by atoms with van der Waals surface area (Å²) in [6, 6.07) is 0.557. The minimum atomic E-state index is -4.39. The number of nitrogens with one attached hydrogen (secondary N) is 1. The summed E-state index contributed by atoms with van der Waals surface area (Å²) in [7, 11) is -1.50. The molecular formula is C16H32F3NO3Si.